The zero-order valence-electron chi connectivity index (χ0n) is 12.2. The molecule has 2 rings (SSSR count). The first kappa shape index (κ1) is 15.5. The largest absolute Gasteiger partial charge is 0.348 e. The van der Waals surface area contributed by atoms with E-state index in [0.717, 1.165) is 5.56 Å². The Hall–Kier alpha value is -1.92. The number of rotatable bonds is 5. The fourth-order valence-electron chi connectivity index (χ4n) is 1.72. The highest BCUT2D eigenvalue weighted by Gasteiger charge is 2.13. The third-order valence-electron chi connectivity index (χ3n) is 2.86. The number of hydrogen-bond acceptors (Lipinski definition) is 5. The monoisotopic (exact) mass is 308 g/mol. The summed E-state index contributed by atoms with van der Waals surface area (Å²) in [5, 5.41) is 4.55. The van der Waals surface area contributed by atoms with Crippen molar-refractivity contribution in [3.63, 3.8) is 0 Å². The van der Waals surface area contributed by atoms with E-state index in [0.29, 0.717) is 29.8 Å². The lowest BCUT2D eigenvalue weighted by atomic mass is 10.2. The molecule has 0 bridgehead atoms. The van der Waals surface area contributed by atoms with Crippen molar-refractivity contribution in [2.75, 3.05) is 27.7 Å². The standard InChI is InChI=1S/C14H17ClN4O2/c1-18(2)13(20)9-19(3)8-12-16-14(17-21-12)10-5-4-6-11(15)7-10/h4-7H,8-9H2,1-3H3. The van der Waals surface area contributed by atoms with Crippen LogP contribution in [-0.4, -0.2) is 53.5 Å². The zero-order chi connectivity index (χ0) is 15.4. The first-order valence-corrected chi connectivity index (χ1v) is 6.80. The maximum absolute atomic E-state index is 11.6. The van der Waals surface area contributed by atoms with Gasteiger partial charge in [-0.3, -0.25) is 9.69 Å². The van der Waals surface area contributed by atoms with Gasteiger partial charge in [0.15, 0.2) is 0 Å². The van der Waals surface area contributed by atoms with Gasteiger partial charge in [-0.25, -0.2) is 0 Å². The van der Waals surface area contributed by atoms with Crippen molar-refractivity contribution in [3.05, 3.63) is 35.2 Å². The van der Waals surface area contributed by atoms with E-state index in [1.165, 1.54) is 0 Å². The van der Waals surface area contributed by atoms with E-state index < -0.39 is 0 Å². The molecule has 6 nitrogen and oxygen atoms in total. The molecule has 7 heteroatoms. The van der Waals surface area contributed by atoms with Crippen LogP contribution in [0.3, 0.4) is 0 Å². The molecule has 0 aliphatic heterocycles. The van der Waals surface area contributed by atoms with Gasteiger partial charge < -0.3 is 9.42 Å². The minimum Gasteiger partial charge on any atom is -0.348 e. The Morgan fingerprint density at radius 2 is 2.10 bits per heavy atom. The molecule has 0 saturated carbocycles. The van der Waals surface area contributed by atoms with E-state index in [1.54, 1.807) is 31.1 Å². The molecule has 0 radical (unpaired) electrons. The molecule has 0 atom stereocenters. The maximum atomic E-state index is 11.6. The van der Waals surface area contributed by atoms with Crippen LogP contribution in [0.1, 0.15) is 5.89 Å². The normalized spacial score (nSPS) is 10.9. The average Bonchev–Trinajstić information content (AvgIpc) is 2.86. The highest BCUT2D eigenvalue weighted by molar-refractivity contribution is 6.30. The predicted molar refractivity (Wildman–Crippen MR) is 79.8 cm³/mol. The first-order valence-electron chi connectivity index (χ1n) is 6.43. The van der Waals surface area contributed by atoms with E-state index in [4.69, 9.17) is 16.1 Å². The molecule has 1 heterocycles. The summed E-state index contributed by atoms with van der Waals surface area (Å²) >= 11 is 5.94. The fourth-order valence-corrected chi connectivity index (χ4v) is 1.91. The van der Waals surface area contributed by atoms with E-state index in [1.807, 2.05) is 24.1 Å². The minimum absolute atomic E-state index is 0.0204. The van der Waals surface area contributed by atoms with E-state index in [2.05, 4.69) is 10.1 Å². The summed E-state index contributed by atoms with van der Waals surface area (Å²) in [7, 11) is 5.27. The van der Waals surface area contributed by atoms with E-state index in [9.17, 15) is 4.79 Å². The van der Waals surface area contributed by atoms with E-state index >= 15 is 0 Å². The van der Waals surface area contributed by atoms with Crippen LogP contribution in [0.5, 0.6) is 0 Å². The molecule has 1 aromatic carbocycles. The van der Waals surface area contributed by atoms with Crippen molar-refractivity contribution in [2.24, 2.45) is 0 Å². The third kappa shape index (κ3) is 4.27. The Morgan fingerprint density at radius 3 is 2.76 bits per heavy atom. The maximum Gasteiger partial charge on any atom is 0.241 e. The van der Waals surface area contributed by atoms with Crippen molar-refractivity contribution in [2.45, 2.75) is 6.54 Å². The van der Waals surface area contributed by atoms with Gasteiger partial charge in [-0.2, -0.15) is 4.98 Å². The van der Waals surface area contributed by atoms with Gasteiger partial charge in [0.1, 0.15) is 0 Å². The molecular weight excluding hydrogens is 292 g/mol. The Kier molecular flexibility index (Phi) is 4.93. The van der Waals surface area contributed by atoms with Crippen LogP contribution >= 0.6 is 11.6 Å². The van der Waals surface area contributed by atoms with Crippen LogP contribution in [0, 0.1) is 0 Å². The second kappa shape index (κ2) is 6.69. The topological polar surface area (TPSA) is 62.5 Å². The summed E-state index contributed by atoms with van der Waals surface area (Å²) in [6, 6.07) is 7.25. The number of likely N-dealkylation sites (N-methyl/N-ethyl adjacent to an activating group) is 2. The van der Waals surface area contributed by atoms with E-state index in [-0.39, 0.29) is 5.91 Å². The number of aromatic nitrogens is 2. The summed E-state index contributed by atoms with van der Waals surface area (Å²) in [6.45, 7) is 0.703. The van der Waals surface area contributed by atoms with Crippen LogP contribution < -0.4 is 0 Å². The Bertz CT molecular complexity index is 627. The van der Waals surface area contributed by atoms with Crippen molar-refractivity contribution in [1.29, 1.82) is 0 Å². The minimum atomic E-state index is 0.0204. The molecule has 1 aromatic heterocycles. The molecule has 0 aliphatic carbocycles. The van der Waals surface area contributed by atoms with Crippen molar-refractivity contribution < 1.29 is 9.32 Å². The van der Waals surface area contributed by atoms with Gasteiger partial charge in [0.25, 0.3) is 0 Å². The van der Waals surface area contributed by atoms with Crippen LogP contribution in [0.15, 0.2) is 28.8 Å². The molecule has 0 aliphatic rings. The lowest BCUT2D eigenvalue weighted by Crippen LogP contribution is -2.34. The highest BCUT2D eigenvalue weighted by Crippen LogP contribution is 2.20. The lowest BCUT2D eigenvalue weighted by molar-refractivity contribution is -0.129. The summed E-state index contributed by atoms with van der Waals surface area (Å²) < 4.78 is 5.20. The van der Waals surface area contributed by atoms with Crippen LogP contribution in [0.25, 0.3) is 11.4 Å². The Morgan fingerprint density at radius 1 is 1.33 bits per heavy atom. The second-order valence-electron chi connectivity index (χ2n) is 4.98. The molecule has 21 heavy (non-hydrogen) atoms. The van der Waals surface area contributed by atoms with Gasteiger partial charge in [-0.15, -0.1) is 0 Å². The van der Waals surface area contributed by atoms with Crippen LogP contribution in [-0.2, 0) is 11.3 Å². The number of amides is 1. The van der Waals surface area contributed by atoms with Gasteiger partial charge in [0.05, 0.1) is 13.1 Å². The molecule has 1 amide bonds. The van der Waals surface area contributed by atoms with Gasteiger partial charge in [0, 0.05) is 24.7 Å². The SMILES string of the molecule is CN(CC(=O)N(C)C)Cc1nc(-c2cccc(Cl)c2)no1. The molecule has 0 fully saturated rings. The van der Waals surface area contributed by atoms with Gasteiger partial charge in [-0.05, 0) is 19.2 Å². The lowest BCUT2D eigenvalue weighted by Gasteiger charge is -2.16. The molecule has 0 unspecified atom stereocenters. The predicted octanol–water partition coefficient (Wildman–Crippen LogP) is 1.91. The number of benzene rings is 1. The van der Waals surface area contributed by atoms with Crippen molar-refractivity contribution in [3.8, 4) is 11.4 Å². The Labute approximate surface area is 128 Å². The van der Waals surface area contributed by atoms with Crippen LogP contribution in [0.2, 0.25) is 5.02 Å². The Balaban J connectivity index is 2.02. The summed E-state index contributed by atoms with van der Waals surface area (Å²) in [4.78, 5) is 19.3. The molecular formula is C14H17ClN4O2. The van der Waals surface area contributed by atoms with Crippen LogP contribution in [0.4, 0.5) is 0 Å². The van der Waals surface area contributed by atoms with Gasteiger partial charge in [0.2, 0.25) is 17.6 Å². The van der Waals surface area contributed by atoms with Gasteiger partial charge in [-0.1, -0.05) is 28.9 Å². The summed E-state index contributed by atoms with van der Waals surface area (Å²) in [6.07, 6.45) is 0. The number of hydrogen-bond donors (Lipinski definition) is 0. The molecule has 0 spiro atoms. The number of nitrogens with zero attached hydrogens (tertiary/aromatic N) is 4. The molecule has 0 saturated heterocycles. The number of carbonyl (C=O) groups excluding carboxylic acids is 1. The average molecular weight is 309 g/mol. The molecule has 0 N–H and O–H groups in total. The smallest absolute Gasteiger partial charge is 0.241 e. The fraction of sp³-hybridized carbons (Fsp3) is 0.357. The quantitative estimate of drug-likeness (QED) is 0.844. The van der Waals surface area contributed by atoms with Crippen molar-refractivity contribution >= 4 is 17.5 Å². The summed E-state index contributed by atoms with van der Waals surface area (Å²) in [5.74, 6) is 0.964. The second-order valence-corrected chi connectivity index (χ2v) is 5.42. The van der Waals surface area contributed by atoms with Gasteiger partial charge >= 0.3 is 0 Å². The molecule has 112 valence electrons. The number of carbonyl (C=O) groups is 1. The third-order valence-corrected chi connectivity index (χ3v) is 3.10. The first-order chi connectivity index (χ1) is 9.95. The highest BCUT2D eigenvalue weighted by atomic mass is 35.5. The number of halogens is 1. The zero-order valence-corrected chi connectivity index (χ0v) is 13.0. The summed E-state index contributed by atoms with van der Waals surface area (Å²) in [5.41, 5.74) is 0.796. The van der Waals surface area contributed by atoms with Crippen molar-refractivity contribution in [1.82, 2.24) is 19.9 Å². The molecule has 2 aromatic rings.